The van der Waals surface area contributed by atoms with Gasteiger partial charge in [-0.3, -0.25) is 4.90 Å². The van der Waals surface area contributed by atoms with Crippen LogP contribution in [0.15, 0.2) is 30.3 Å². The molecule has 0 saturated heterocycles. The summed E-state index contributed by atoms with van der Waals surface area (Å²) in [5, 5.41) is 10.7. The van der Waals surface area contributed by atoms with Crippen molar-refractivity contribution >= 4 is 0 Å². The highest BCUT2D eigenvalue weighted by Gasteiger charge is 2.21. The maximum absolute atomic E-state index is 10.7. The van der Waals surface area contributed by atoms with Crippen LogP contribution < -0.4 is 18.9 Å². The minimum atomic E-state index is -0.590. The van der Waals surface area contributed by atoms with E-state index in [0.29, 0.717) is 17.9 Å². The second-order valence-corrected chi connectivity index (χ2v) is 6.91. The lowest BCUT2D eigenvalue weighted by molar-refractivity contribution is 0.134. The Balaban J connectivity index is 1.65. The Labute approximate surface area is 166 Å². The summed E-state index contributed by atoms with van der Waals surface area (Å²) in [7, 11) is 6.54. The number of hydrogen-bond donors (Lipinski definition) is 1. The monoisotopic (exact) mass is 387 g/mol. The summed E-state index contributed by atoms with van der Waals surface area (Å²) in [5.41, 5.74) is 3.33. The summed E-state index contributed by atoms with van der Waals surface area (Å²) in [5.74, 6) is 2.89. The Morgan fingerprint density at radius 2 is 1.57 bits per heavy atom. The molecular weight excluding hydrogens is 358 g/mol. The topological polar surface area (TPSA) is 60.4 Å². The Hall–Kier alpha value is -2.44. The van der Waals surface area contributed by atoms with Crippen molar-refractivity contribution < 1.29 is 24.1 Å². The van der Waals surface area contributed by atoms with E-state index in [2.05, 4.69) is 17.0 Å². The summed E-state index contributed by atoms with van der Waals surface area (Å²) >= 11 is 0. The first-order valence-corrected chi connectivity index (χ1v) is 9.45. The number of nitrogens with zero attached hydrogens (tertiary/aromatic N) is 1. The van der Waals surface area contributed by atoms with Gasteiger partial charge in [0.2, 0.25) is 0 Å². The molecule has 6 heteroatoms. The van der Waals surface area contributed by atoms with Crippen molar-refractivity contribution in [1.82, 2.24) is 4.90 Å². The number of methoxy groups -OCH3 is 4. The van der Waals surface area contributed by atoms with Crippen LogP contribution in [0.1, 0.15) is 29.2 Å². The van der Waals surface area contributed by atoms with Crippen LogP contribution in [0.3, 0.4) is 0 Å². The number of benzene rings is 2. The van der Waals surface area contributed by atoms with Crippen LogP contribution in [0.5, 0.6) is 23.0 Å². The molecule has 1 aliphatic heterocycles. The predicted molar refractivity (Wildman–Crippen MR) is 108 cm³/mol. The summed E-state index contributed by atoms with van der Waals surface area (Å²) in [6.07, 6.45) is 0.996. The molecular formula is C22H29NO5. The van der Waals surface area contributed by atoms with Crippen molar-refractivity contribution in [2.24, 2.45) is 0 Å². The maximum Gasteiger partial charge on any atom is 0.161 e. The molecule has 152 valence electrons. The minimum Gasteiger partial charge on any atom is -0.497 e. The van der Waals surface area contributed by atoms with Gasteiger partial charge in [0.25, 0.3) is 0 Å². The zero-order chi connectivity index (χ0) is 20.1. The van der Waals surface area contributed by atoms with Gasteiger partial charge in [-0.05, 0) is 48.2 Å². The number of ether oxygens (including phenoxy) is 4. The molecule has 0 aliphatic carbocycles. The molecule has 1 unspecified atom stereocenters. The third-order valence-electron chi connectivity index (χ3n) is 5.32. The zero-order valence-electron chi connectivity index (χ0n) is 17.0. The van der Waals surface area contributed by atoms with E-state index in [-0.39, 0.29) is 0 Å². The van der Waals surface area contributed by atoms with Crippen LogP contribution in [0.25, 0.3) is 0 Å². The molecule has 0 radical (unpaired) electrons. The molecule has 1 N–H and O–H groups in total. The maximum atomic E-state index is 10.7. The number of fused-ring (bicyclic) bond motifs is 1. The highest BCUT2D eigenvalue weighted by atomic mass is 16.5. The van der Waals surface area contributed by atoms with E-state index in [0.717, 1.165) is 43.1 Å². The van der Waals surface area contributed by atoms with Gasteiger partial charge in [-0.1, -0.05) is 0 Å². The smallest absolute Gasteiger partial charge is 0.161 e. The van der Waals surface area contributed by atoms with E-state index in [1.807, 2.05) is 12.1 Å². The highest BCUT2D eigenvalue weighted by molar-refractivity contribution is 5.48. The standard InChI is InChI=1S/C22H29NO5/c1-25-17-5-6-18(20(13-17)26-2)19(24)8-10-23-9-7-15-11-21(27-3)22(28-4)12-16(15)14-23/h5-6,11-13,19,24H,7-10,14H2,1-4H3. The van der Waals surface area contributed by atoms with Crippen LogP contribution in [0.2, 0.25) is 0 Å². The summed E-state index contributed by atoms with van der Waals surface area (Å²) < 4.78 is 21.5. The van der Waals surface area contributed by atoms with Gasteiger partial charge >= 0.3 is 0 Å². The minimum absolute atomic E-state index is 0.590. The SMILES string of the molecule is COc1ccc(C(O)CCN2CCc3cc(OC)c(OC)cc3C2)c(OC)c1. The first-order valence-electron chi connectivity index (χ1n) is 9.45. The Kier molecular flexibility index (Phi) is 6.65. The van der Waals surface area contributed by atoms with E-state index >= 15 is 0 Å². The molecule has 0 saturated carbocycles. The zero-order valence-corrected chi connectivity index (χ0v) is 17.0. The van der Waals surface area contributed by atoms with Crippen LogP contribution in [0, 0.1) is 0 Å². The van der Waals surface area contributed by atoms with Crippen molar-refractivity contribution in [2.75, 3.05) is 41.5 Å². The molecule has 6 nitrogen and oxygen atoms in total. The quantitative estimate of drug-likeness (QED) is 0.751. The Bertz CT molecular complexity index is 808. The van der Waals surface area contributed by atoms with Crippen LogP contribution in [-0.4, -0.2) is 51.5 Å². The van der Waals surface area contributed by atoms with Crippen LogP contribution in [-0.2, 0) is 13.0 Å². The lowest BCUT2D eigenvalue weighted by Gasteiger charge is -2.30. The molecule has 0 spiro atoms. The normalized spacial score (nSPS) is 14.9. The van der Waals surface area contributed by atoms with E-state index in [1.54, 1.807) is 34.5 Å². The van der Waals surface area contributed by atoms with Crippen LogP contribution in [0.4, 0.5) is 0 Å². The lowest BCUT2D eigenvalue weighted by Crippen LogP contribution is -2.32. The second kappa shape index (κ2) is 9.17. The summed E-state index contributed by atoms with van der Waals surface area (Å²) in [4.78, 5) is 2.35. The predicted octanol–water partition coefficient (Wildman–Crippen LogP) is 3.20. The van der Waals surface area contributed by atoms with E-state index in [1.165, 1.54) is 11.1 Å². The fourth-order valence-corrected chi connectivity index (χ4v) is 3.69. The van der Waals surface area contributed by atoms with Crippen LogP contribution >= 0.6 is 0 Å². The fourth-order valence-electron chi connectivity index (χ4n) is 3.69. The highest BCUT2D eigenvalue weighted by Crippen LogP contribution is 2.34. The Morgan fingerprint density at radius 1 is 0.893 bits per heavy atom. The molecule has 3 rings (SSSR count). The molecule has 28 heavy (non-hydrogen) atoms. The van der Waals surface area contributed by atoms with Crippen molar-refractivity contribution in [3.05, 3.63) is 47.0 Å². The van der Waals surface area contributed by atoms with Gasteiger partial charge in [0.15, 0.2) is 11.5 Å². The third-order valence-corrected chi connectivity index (χ3v) is 5.32. The second-order valence-electron chi connectivity index (χ2n) is 6.91. The molecule has 1 heterocycles. The summed E-state index contributed by atoms with van der Waals surface area (Å²) in [6.45, 7) is 2.58. The van der Waals surface area contributed by atoms with E-state index < -0.39 is 6.10 Å². The molecule has 2 aromatic carbocycles. The molecule has 0 aromatic heterocycles. The molecule has 2 aromatic rings. The van der Waals surface area contributed by atoms with Gasteiger partial charge in [-0.15, -0.1) is 0 Å². The van der Waals surface area contributed by atoms with Gasteiger partial charge < -0.3 is 24.1 Å². The molecule has 1 aliphatic rings. The lowest BCUT2D eigenvalue weighted by atomic mass is 9.98. The van der Waals surface area contributed by atoms with Gasteiger partial charge in [0, 0.05) is 31.3 Å². The van der Waals surface area contributed by atoms with Gasteiger partial charge in [0.05, 0.1) is 34.5 Å². The van der Waals surface area contributed by atoms with E-state index in [4.69, 9.17) is 18.9 Å². The Morgan fingerprint density at radius 3 is 2.21 bits per heavy atom. The van der Waals surface area contributed by atoms with Gasteiger partial charge in [-0.25, -0.2) is 0 Å². The number of hydrogen-bond acceptors (Lipinski definition) is 6. The first-order chi connectivity index (χ1) is 13.6. The largest absolute Gasteiger partial charge is 0.497 e. The summed E-state index contributed by atoms with van der Waals surface area (Å²) in [6, 6.07) is 9.64. The van der Waals surface area contributed by atoms with E-state index in [9.17, 15) is 5.11 Å². The molecule has 0 amide bonds. The van der Waals surface area contributed by atoms with Crippen molar-refractivity contribution in [3.8, 4) is 23.0 Å². The average Bonchev–Trinajstić information content (AvgIpc) is 2.75. The number of rotatable bonds is 8. The molecule has 1 atom stereocenters. The van der Waals surface area contributed by atoms with Gasteiger partial charge in [0.1, 0.15) is 11.5 Å². The number of aliphatic hydroxyl groups is 1. The third kappa shape index (κ3) is 4.34. The van der Waals surface area contributed by atoms with Crippen molar-refractivity contribution in [2.45, 2.75) is 25.5 Å². The fraction of sp³-hybridized carbons (Fsp3) is 0.455. The average molecular weight is 387 g/mol. The number of aliphatic hydroxyl groups excluding tert-OH is 1. The first kappa shape index (κ1) is 20.3. The molecule has 0 bridgehead atoms. The van der Waals surface area contributed by atoms with Crippen molar-refractivity contribution in [3.63, 3.8) is 0 Å². The molecule has 0 fully saturated rings. The van der Waals surface area contributed by atoms with Gasteiger partial charge in [-0.2, -0.15) is 0 Å². The van der Waals surface area contributed by atoms with Crippen molar-refractivity contribution in [1.29, 1.82) is 0 Å².